The molecule has 0 fully saturated rings. The van der Waals surface area contributed by atoms with Gasteiger partial charge in [-0.2, -0.15) is 0 Å². The lowest BCUT2D eigenvalue weighted by Crippen LogP contribution is -2.22. The van der Waals surface area contributed by atoms with Gasteiger partial charge in [-0.3, -0.25) is 9.59 Å². The minimum atomic E-state index is -0.779. The number of unbranched alkanes of at least 4 members (excludes halogenated alkanes) is 2. The molecule has 0 saturated heterocycles. The van der Waals surface area contributed by atoms with Crippen LogP contribution >= 0.6 is 11.6 Å². The number of aliphatic carboxylic acids is 1. The number of amides is 1. The molecule has 0 unspecified atom stereocenters. The van der Waals surface area contributed by atoms with E-state index in [-0.39, 0.29) is 12.3 Å². The third-order valence-corrected chi connectivity index (χ3v) is 3.40. The van der Waals surface area contributed by atoms with Gasteiger partial charge in [0.25, 0.3) is 0 Å². The van der Waals surface area contributed by atoms with E-state index in [1.165, 1.54) is 6.08 Å². The van der Waals surface area contributed by atoms with Gasteiger partial charge in [-0.25, -0.2) is 0 Å². The van der Waals surface area contributed by atoms with E-state index in [2.05, 4.69) is 5.32 Å². The number of carboxylic acids is 1. The van der Waals surface area contributed by atoms with Crippen LogP contribution in [0.1, 0.15) is 36.8 Å². The third kappa shape index (κ3) is 7.51. The highest BCUT2D eigenvalue weighted by molar-refractivity contribution is 6.31. The summed E-state index contributed by atoms with van der Waals surface area (Å²) >= 11 is 6.01. The van der Waals surface area contributed by atoms with E-state index >= 15 is 0 Å². The normalized spacial score (nSPS) is 10.8. The number of carboxylic acid groups (broad SMARTS) is 1. The van der Waals surface area contributed by atoms with Crippen molar-refractivity contribution >= 4 is 29.6 Å². The standard InChI is InChI=1S/C16H20ClNO3/c1-12-6-7-13(11-14(12)17)8-9-15(19)18-10-4-2-3-5-16(20)21/h6-9,11H,2-5,10H2,1H3,(H,18,19)(H,20,21)/b9-8+. The molecule has 0 aliphatic carbocycles. The lowest BCUT2D eigenvalue weighted by Gasteiger charge is -2.02. The van der Waals surface area contributed by atoms with Crippen molar-refractivity contribution in [2.24, 2.45) is 0 Å². The van der Waals surface area contributed by atoms with Crippen molar-refractivity contribution in [1.82, 2.24) is 5.32 Å². The topological polar surface area (TPSA) is 66.4 Å². The highest BCUT2D eigenvalue weighted by Crippen LogP contribution is 2.17. The fraction of sp³-hybridized carbons (Fsp3) is 0.375. The van der Waals surface area contributed by atoms with Crippen LogP contribution in [0.4, 0.5) is 0 Å². The monoisotopic (exact) mass is 309 g/mol. The average Bonchev–Trinajstić information content (AvgIpc) is 2.43. The Hall–Kier alpha value is -1.81. The lowest BCUT2D eigenvalue weighted by molar-refractivity contribution is -0.137. The first-order chi connectivity index (χ1) is 9.99. The molecule has 1 rings (SSSR count). The zero-order valence-electron chi connectivity index (χ0n) is 12.1. The van der Waals surface area contributed by atoms with Crippen molar-refractivity contribution in [3.8, 4) is 0 Å². The Bertz CT molecular complexity index is 526. The molecule has 0 spiro atoms. The zero-order chi connectivity index (χ0) is 15.7. The Kier molecular flexibility index (Phi) is 7.54. The second-order valence-corrected chi connectivity index (χ2v) is 5.24. The molecule has 0 bridgehead atoms. The molecule has 1 amide bonds. The molecule has 4 nitrogen and oxygen atoms in total. The molecule has 0 saturated carbocycles. The van der Waals surface area contributed by atoms with E-state index < -0.39 is 5.97 Å². The van der Waals surface area contributed by atoms with Crippen molar-refractivity contribution in [1.29, 1.82) is 0 Å². The highest BCUT2D eigenvalue weighted by Gasteiger charge is 1.99. The van der Waals surface area contributed by atoms with Crippen LogP contribution in [0.5, 0.6) is 0 Å². The summed E-state index contributed by atoms with van der Waals surface area (Å²) in [6, 6.07) is 5.62. The molecule has 0 atom stereocenters. The molecule has 0 aliphatic rings. The minimum absolute atomic E-state index is 0.162. The van der Waals surface area contributed by atoms with Crippen molar-refractivity contribution < 1.29 is 14.7 Å². The molecule has 21 heavy (non-hydrogen) atoms. The molecular weight excluding hydrogens is 290 g/mol. The molecule has 1 aromatic carbocycles. The molecule has 0 aliphatic heterocycles. The molecule has 2 N–H and O–H groups in total. The summed E-state index contributed by atoms with van der Waals surface area (Å²) in [7, 11) is 0. The van der Waals surface area contributed by atoms with Gasteiger partial charge in [-0.05, 0) is 43.0 Å². The maximum absolute atomic E-state index is 11.6. The summed E-state index contributed by atoms with van der Waals surface area (Å²) in [5, 5.41) is 11.9. The average molecular weight is 310 g/mol. The number of halogens is 1. The maximum atomic E-state index is 11.6. The second kappa shape index (κ2) is 9.19. The summed E-state index contributed by atoms with van der Waals surface area (Å²) < 4.78 is 0. The first kappa shape index (κ1) is 17.2. The highest BCUT2D eigenvalue weighted by atomic mass is 35.5. The van der Waals surface area contributed by atoms with Crippen LogP contribution in [0.25, 0.3) is 6.08 Å². The largest absolute Gasteiger partial charge is 0.481 e. The van der Waals surface area contributed by atoms with Crippen LogP contribution in [0.2, 0.25) is 5.02 Å². The molecule has 0 radical (unpaired) electrons. The summed E-state index contributed by atoms with van der Waals surface area (Å²) in [5.74, 6) is -0.941. The van der Waals surface area contributed by atoms with Crippen molar-refractivity contribution in [3.05, 3.63) is 40.4 Å². The van der Waals surface area contributed by atoms with Gasteiger partial charge in [0, 0.05) is 24.1 Å². The predicted molar refractivity (Wildman–Crippen MR) is 84.3 cm³/mol. The number of rotatable bonds is 8. The number of hydrogen-bond acceptors (Lipinski definition) is 2. The Morgan fingerprint density at radius 2 is 2.05 bits per heavy atom. The van der Waals surface area contributed by atoms with E-state index in [4.69, 9.17) is 16.7 Å². The van der Waals surface area contributed by atoms with Gasteiger partial charge in [0.1, 0.15) is 0 Å². The van der Waals surface area contributed by atoms with Crippen LogP contribution in [-0.4, -0.2) is 23.5 Å². The smallest absolute Gasteiger partial charge is 0.303 e. The number of aryl methyl sites for hydroxylation is 1. The Labute approximate surface area is 129 Å². The maximum Gasteiger partial charge on any atom is 0.303 e. The molecular formula is C16H20ClNO3. The zero-order valence-corrected chi connectivity index (χ0v) is 12.8. The lowest BCUT2D eigenvalue weighted by atomic mass is 10.1. The number of carbonyl (C=O) groups is 2. The fourth-order valence-corrected chi connectivity index (χ4v) is 1.92. The quantitative estimate of drug-likeness (QED) is 0.571. The van der Waals surface area contributed by atoms with Crippen LogP contribution in [0.15, 0.2) is 24.3 Å². The molecule has 1 aromatic rings. The SMILES string of the molecule is Cc1ccc(/C=C/C(=O)NCCCCCC(=O)O)cc1Cl. The summed E-state index contributed by atoms with van der Waals surface area (Å²) in [5.41, 5.74) is 1.88. The van der Waals surface area contributed by atoms with E-state index in [0.29, 0.717) is 18.0 Å². The summed E-state index contributed by atoms with van der Waals surface area (Å²) in [6.45, 7) is 2.48. The fourth-order valence-electron chi connectivity index (χ4n) is 1.73. The van der Waals surface area contributed by atoms with E-state index in [1.54, 1.807) is 6.08 Å². The molecule has 0 heterocycles. The van der Waals surface area contributed by atoms with Crippen LogP contribution in [-0.2, 0) is 9.59 Å². The van der Waals surface area contributed by atoms with Gasteiger partial charge >= 0.3 is 5.97 Å². The van der Waals surface area contributed by atoms with E-state index in [0.717, 1.165) is 24.0 Å². The van der Waals surface area contributed by atoms with Crippen molar-refractivity contribution in [2.75, 3.05) is 6.54 Å². The van der Waals surface area contributed by atoms with Crippen molar-refractivity contribution in [3.63, 3.8) is 0 Å². The van der Waals surface area contributed by atoms with Crippen LogP contribution < -0.4 is 5.32 Å². The van der Waals surface area contributed by atoms with E-state index in [1.807, 2.05) is 25.1 Å². The first-order valence-corrected chi connectivity index (χ1v) is 7.30. The van der Waals surface area contributed by atoms with Gasteiger partial charge in [-0.1, -0.05) is 30.2 Å². The van der Waals surface area contributed by atoms with E-state index in [9.17, 15) is 9.59 Å². The molecule has 0 aromatic heterocycles. The van der Waals surface area contributed by atoms with Gasteiger partial charge in [0.15, 0.2) is 0 Å². The molecule has 5 heteroatoms. The van der Waals surface area contributed by atoms with Crippen molar-refractivity contribution in [2.45, 2.75) is 32.6 Å². The number of nitrogens with one attached hydrogen (secondary N) is 1. The van der Waals surface area contributed by atoms with Crippen LogP contribution in [0.3, 0.4) is 0 Å². The van der Waals surface area contributed by atoms with Gasteiger partial charge in [-0.15, -0.1) is 0 Å². The summed E-state index contributed by atoms with van der Waals surface area (Å²) in [4.78, 5) is 21.9. The Balaban J connectivity index is 2.25. The van der Waals surface area contributed by atoms with Gasteiger partial charge < -0.3 is 10.4 Å². The number of hydrogen-bond donors (Lipinski definition) is 2. The minimum Gasteiger partial charge on any atom is -0.481 e. The first-order valence-electron chi connectivity index (χ1n) is 6.93. The number of carbonyl (C=O) groups excluding carboxylic acids is 1. The third-order valence-electron chi connectivity index (χ3n) is 2.99. The van der Waals surface area contributed by atoms with Gasteiger partial charge in [0.05, 0.1) is 0 Å². The predicted octanol–water partition coefficient (Wildman–Crippen LogP) is 3.42. The summed E-state index contributed by atoms with van der Waals surface area (Å²) in [6.07, 6.45) is 5.58. The Morgan fingerprint density at radius 1 is 1.29 bits per heavy atom. The second-order valence-electron chi connectivity index (χ2n) is 4.84. The Morgan fingerprint density at radius 3 is 2.71 bits per heavy atom. The van der Waals surface area contributed by atoms with Gasteiger partial charge in [0.2, 0.25) is 5.91 Å². The number of benzene rings is 1. The molecule has 114 valence electrons. The van der Waals surface area contributed by atoms with Crippen LogP contribution in [0, 0.1) is 6.92 Å².